The monoisotopic (exact) mass is 240 g/mol. The second-order valence-electron chi connectivity index (χ2n) is 5.01. The van der Waals surface area contributed by atoms with Crippen LogP contribution in [0.5, 0.6) is 0 Å². The molecule has 0 heterocycles. The van der Waals surface area contributed by atoms with Crippen molar-refractivity contribution in [2.75, 3.05) is 0 Å². The predicted octanol–water partition coefficient (Wildman–Crippen LogP) is 3.75. The van der Waals surface area contributed by atoms with E-state index in [2.05, 4.69) is 6.92 Å². The highest BCUT2D eigenvalue weighted by Gasteiger charge is 2.36. The van der Waals surface area contributed by atoms with E-state index in [1.807, 2.05) is 0 Å². The maximum absolute atomic E-state index is 13.7. The number of halogens is 2. The molecular weight excluding hydrogens is 222 g/mol. The topological polar surface area (TPSA) is 20.2 Å². The average molecular weight is 240 g/mol. The third-order valence-electron chi connectivity index (χ3n) is 3.94. The van der Waals surface area contributed by atoms with Gasteiger partial charge >= 0.3 is 0 Å². The molecule has 0 amide bonds. The summed E-state index contributed by atoms with van der Waals surface area (Å²) >= 11 is 0. The number of aliphatic hydroxyl groups is 1. The van der Waals surface area contributed by atoms with Crippen LogP contribution in [0, 0.1) is 17.6 Å². The zero-order chi connectivity index (χ0) is 12.5. The molecule has 1 aromatic carbocycles. The second-order valence-corrected chi connectivity index (χ2v) is 5.01. The number of rotatable bonds is 2. The zero-order valence-corrected chi connectivity index (χ0v) is 10.0. The Bertz CT molecular complexity index is 395. The van der Waals surface area contributed by atoms with E-state index in [1.54, 1.807) is 0 Å². The third-order valence-corrected chi connectivity index (χ3v) is 3.94. The summed E-state index contributed by atoms with van der Waals surface area (Å²) in [5.41, 5.74) is -1.07. The first kappa shape index (κ1) is 12.5. The third kappa shape index (κ3) is 2.49. The van der Waals surface area contributed by atoms with Crippen molar-refractivity contribution in [1.29, 1.82) is 0 Å². The number of benzene rings is 1. The predicted molar refractivity (Wildman–Crippen MR) is 62.5 cm³/mol. The molecule has 17 heavy (non-hydrogen) atoms. The van der Waals surface area contributed by atoms with Gasteiger partial charge in [0.05, 0.1) is 5.60 Å². The maximum Gasteiger partial charge on any atom is 0.129 e. The highest BCUT2D eigenvalue weighted by molar-refractivity contribution is 5.25. The van der Waals surface area contributed by atoms with Gasteiger partial charge in [0, 0.05) is 5.56 Å². The molecule has 1 aromatic rings. The van der Waals surface area contributed by atoms with E-state index in [0.29, 0.717) is 18.8 Å². The summed E-state index contributed by atoms with van der Waals surface area (Å²) < 4.78 is 26.8. The van der Waals surface area contributed by atoms with Crippen LogP contribution in [-0.4, -0.2) is 5.11 Å². The van der Waals surface area contributed by atoms with Crippen LogP contribution in [-0.2, 0) is 5.60 Å². The summed E-state index contributed by atoms with van der Waals surface area (Å²) in [5.74, 6) is -0.400. The normalized spacial score (nSPS) is 29.3. The van der Waals surface area contributed by atoms with Crippen LogP contribution in [0.15, 0.2) is 18.2 Å². The van der Waals surface area contributed by atoms with Gasteiger partial charge in [-0.3, -0.25) is 0 Å². The Morgan fingerprint density at radius 3 is 2.53 bits per heavy atom. The molecule has 94 valence electrons. The highest BCUT2D eigenvalue weighted by atomic mass is 19.1. The van der Waals surface area contributed by atoms with Crippen molar-refractivity contribution in [1.82, 2.24) is 0 Å². The van der Waals surface area contributed by atoms with Gasteiger partial charge in [0.1, 0.15) is 11.6 Å². The molecule has 0 aliphatic heterocycles. The largest absolute Gasteiger partial charge is 0.385 e. The van der Waals surface area contributed by atoms with Gasteiger partial charge in [-0.25, -0.2) is 8.78 Å². The quantitative estimate of drug-likeness (QED) is 0.834. The molecule has 0 bridgehead atoms. The lowest BCUT2D eigenvalue weighted by atomic mass is 9.74. The van der Waals surface area contributed by atoms with Crippen LogP contribution in [0.1, 0.15) is 44.6 Å². The van der Waals surface area contributed by atoms with Crippen LogP contribution in [0.3, 0.4) is 0 Å². The fourth-order valence-corrected chi connectivity index (χ4v) is 2.69. The first-order valence-electron chi connectivity index (χ1n) is 6.23. The van der Waals surface area contributed by atoms with E-state index in [0.717, 1.165) is 37.5 Å². The molecular formula is C14H18F2O. The molecule has 0 radical (unpaired) electrons. The fourth-order valence-electron chi connectivity index (χ4n) is 2.69. The maximum atomic E-state index is 13.7. The lowest BCUT2D eigenvalue weighted by Crippen LogP contribution is -2.32. The van der Waals surface area contributed by atoms with Crippen LogP contribution in [0.4, 0.5) is 8.78 Å². The molecule has 1 nitrogen and oxygen atoms in total. The number of hydrogen-bond donors (Lipinski definition) is 1. The second kappa shape index (κ2) is 4.73. The minimum absolute atomic E-state index is 0.118. The Kier molecular flexibility index (Phi) is 3.48. The molecule has 0 spiro atoms. The van der Waals surface area contributed by atoms with Crippen molar-refractivity contribution < 1.29 is 13.9 Å². The van der Waals surface area contributed by atoms with E-state index in [1.165, 1.54) is 0 Å². The first-order valence-corrected chi connectivity index (χ1v) is 6.23. The van der Waals surface area contributed by atoms with Crippen LogP contribution in [0.2, 0.25) is 0 Å². The summed E-state index contributed by atoms with van der Waals surface area (Å²) in [7, 11) is 0. The summed E-state index contributed by atoms with van der Waals surface area (Å²) in [6.07, 6.45) is 3.88. The van der Waals surface area contributed by atoms with Gasteiger partial charge in [-0.05, 0) is 49.8 Å². The molecule has 2 rings (SSSR count). The minimum Gasteiger partial charge on any atom is -0.385 e. The Hall–Kier alpha value is -0.960. The van der Waals surface area contributed by atoms with Gasteiger partial charge in [0.25, 0.3) is 0 Å². The van der Waals surface area contributed by atoms with Gasteiger partial charge < -0.3 is 5.11 Å². The van der Waals surface area contributed by atoms with E-state index < -0.39 is 17.2 Å². The molecule has 1 aliphatic carbocycles. The van der Waals surface area contributed by atoms with E-state index in [-0.39, 0.29) is 5.56 Å². The van der Waals surface area contributed by atoms with Crippen molar-refractivity contribution in [2.24, 2.45) is 5.92 Å². The fraction of sp³-hybridized carbons (Fsp3) is 0.571. The summed E-state index contributed by atoms with van der Waals surface area (Å²) in [5, 5.41) is 10.5. The van der Waals surface area contributed by atoms with Crippen molar-refractivity contribution in [2.45, 2.75) is 44.6 Å². The molecule has 1 saturated carbocycles. The molecule has 0 saturated heterocycles. The van der Waals surface area contributed by atoms with E-state index in [4.69, 9.17) is 0 Å². The van der Waals surface area contributed by atoms with Gasteiger partial charge in [-0.15, -0.1) is 0 Å². The van der Waals surface area contributed by atoms with Crippen molar-refractivity contribution in [3.8, 4) is 0 Å². The Morgan fingerprint density at radius 2 is 1.94 bits per heavy atom. The molecule has 0 atom stereocenters. The van der Waals surface area contributed by atoms with Gasteiger partial charge in [0.2, 0.25) is 0 Å². The Balaban J connectivity index is 2.24. The molecule has 1 N–H and O–H groups in total. The Labute approximate surface area is 100 Å². The van der Waals surface area contributed by atoms with Gasteiger partial charge in [-0.2, -0.15) is 0 Å². The van der Waals surface area contributed by atoms with E-state index >= 15 is 0 Å². The van der Waals surface area contributed by atoms with E-state index in [9.17, 15) is 13.9 Å². The SMILES string of the molecule is CCC1CCC(O)(c2cc(F)ccc2F)CC1. The van der Waals surface area contributed by atoms with Crippen molar-refractivity contribution in [3.05, 3.63) is 35.4 Å². The highest BCUT2D eigenvalue weighted by Crippen LogP contribution is 2.41. The lowest BCUT2D eigenvalue weighted by Gasteiger charge is -2.36. The summed E-state index contributed by atoms with van der Waals surface area (Å²) in [4.78, 5) is 0. The zero-order valence-electron chi connectivity index (χ0n) is 10.0. The molecule has 1 fully saturated rings. The van der Waals surface area contributed by atoms with Crippen molar-refractivity contribution >= 4 is 0 Å². The Morgan fingerprint density at radius 1 is 1.29 bits per heavy atom. The summed E-state index contributed by atoms with van der Waals surface area (Å²) in [6.45, 7) is 2.12. The van der Waals surface area contributed by atoms with Crippen LogP contribution in [0.25, 0.3) is 0 Å². The molecule has 0 unspecified atom stereocenters. The van der Waals surface area contributed by atoms with Gasteiger partial charge in [-0.1, -0.05) is 13.3 Å². The van der Waals surface area contributed by atoms with Crippen LogP contribution < -0.4 is 0 Å². The molecule has 0 aromatic heterocycles. The van der Waals surface area contributed by atoms with Crippen LogP contribution >= 0.6 is 0 Å². The van der Waals surface area contributed by atoms with Gasteiger partial charge in [0.15, 0.2) is 0 Å². The molecule has 3 heteroatoms. The lowest BCUT2D eigenvalue weighted by molar-refractivity contribution is -0.0176. The average Bonchev–Trinajstić information content (AvgIpc) is 2.33. The smallest absolute Gasteiger partial charge is 0.129 e. The summed E-state index contributed by atoms with van der Waals surface area (Å²) in [6, 6.07) is 3.30. The number of hydrogen-bond acceptors (Lipinski definition) is 1. The van der Waals surface area contributed by atoms with Crippen molar-refractivity contribution in [3.63, 3.8) is 0 Å². The first-order chi connectivity index (χ1) is 8.05. The minimum atomic E-state index is -1.18. The standard InChI is InChI=1S/C14H18F2O/c1-2-10-5-7-14(17,8-6-10)12-9-11(15)3-4-13(12)16/h3-4,9-10,17H,2,5-8H2,1H3. The molecule has 1 aliphatic rings.